The van der Waals surface area contributed by atoms with E-state index in [-0.39, 0.29) is 5.78 Å². The van der Waals surface area contributed by atoms with Crippen LogP contribution in [0.3, 0.4) is 0 Å². The second-order valence-electron chi connectivity index (χ2n) is 4.13. The summed E-state index contributed by atoms with van der Waals surface area (Å²) in [6, 6.07) is 9.18. The van der Waals surface area contributed by atoms with Gasteiger partial charge in [0.15, 0.2) is 5.78 Å². The van der Waals surface area contributed by atoms with Crippen LogP contribution in [-0.4, -0.2) is 21.6 Å². The zero-order valence-electron chi connectivity index (χ0n) is 10.0. The van der Waals surface area contributed by atoms with E-state index in [4.69, 9.17) is 5.73 Å². The number of hydrogen-bond donors (Lipinski definition) is 1. The molecule has 18 heavy (non-hydrogen) atoms. The smallest absolute Gasteiger partial charge is 0.198 e. The number of halogens is 1. The van der Waals surface area contributed by atoms with E-state index in [0.29, 0.717) is 16.6 Å². The van der Waals surface area contributed by atoms with Crippen LogP contribution in [0.4, 0.5) is 0 Å². The Balaban J connectivity index is 2.15. The molecular weight excluding hydrogens is 294 g/mol. The Morgan fingerprint density at radius 1 is 1.44 bits per heavy atom. The van der Waals surface area contributed by atoms with Gasteiger partial charge in [0.25, 0.3) is 0 Å². The predicted molar refractivity (Wildman–Crippen MR) is 73.4 cm³/mol. The van der Waals surface area contributed by atoms with Gasteiger partial charge >= 0.3 is 0 Å². The minimum absolute atomic E-state index is 0.106. The predicted octanol–water partition coefficient (Wildman–Crippen LogP) is 1.94. The standard InChI is InChI=1S/C13H14BrN3O/c1-17-12(10(14)8-16-17)13(18)11(15)7-9-5-3-2-4-6-9/h2-6,8,11H,7,15H2,1H3. The highest BCUT2D eigenvalue weighted by molar-refractivity contribution is 9.10. The van der Waals surface area contributed by atoms with E-state index in [2.05, 4.69) is 21.0 Å². The molecule has 0 aliphatic rings. The number of benzene rings is 1. The first kappa shape index (κ1) is 13.0. The summed E-state index contributed by atoms with van der Waals surface area (Å²) in [5.74, 6) is -0.106. The molecule has 2 rings (SSSR count). The summed E-state index contributed by atoms with van der Waals surface area (Å²) in [5.41, 5.74) is 7.53. The van der Waals surface area contributed by atoms with E-state index in [0.717, 1.165) is 5.56 Å². The lowest BCUT2D eigenvalue weighted by Gasteiger charge is -2.11. The number of Topliss-reactive ketones (excluding diaryl/α,β-unsaturated/α-hetero) is 1. The van der Waals surface area contributed by atoms with Crippen molar-refractivity contribution < 1.29 is 4.79 Å². The molecule has 4 nitrogen and oxygen atoms in total. The van der Waals surface area contributed by atoms with Gasteiger partial charge in [-0.05, 0) is 27.9 Å². The summed E-state index contributed by atoms with van der Waals surface area (Å²) < 4.78 is 2.22. The highest BCUT2D eigenvalue weighted by Gasteiger charge is 2.22. The molecule has 1 heterocycles. The molecule has 94 valence electrons. The Hall–Kier alpha value is -1.46. The van der Waals surface area contributed by atoms with Gasteiger partial charge in [-0.25, -0.2) is 0 Å². The zero-order valence-corrected chi connectivity index (χ0v) is 11.6. The number of aryl methyl sites for hydroxylation is 1. The van der Waals surface area contributed by atoms with E-state index in [1.54, 1.807) is 13.2 Å². The molecular formula is C13H14BrN3O. The summed E-state index contributed by atoms with van der Waals surface area (Å²) in [4.78, 5) is 12.2. The van der Waals surface area contributed by atoms with Gasteiger partial charge in [-0.1, -0.05) is 30.3 Å². The number of nitrogens with zero attached hydrogens (tertiary/aromatic N) is 2. The molecule has 2 aromatic rings. The van der Waals surface area contributed by atoms with Crippen molar-refractivity contribution in [3.8, 4) is 0 Å². The number of carbonyl (C=O) groups is 1. The SMILES string of the molecule is Cn1ncc(Br)c1C(=O)C(N)Cc1ccccc1. The molecule has 1 aromatic heterocycles. The van der Waals surface area contributed by atoms with Gasteiger partial charge in [0.05, 0.1) is 16.7 Å². The molecule has 0 aliphatic carbocycles. The normalized spacial score (nSPS) is 12.4. The van der Waals surface area contributed by atoms with Crippen LogP contribution in [0.15, 0.2) is 41.0 Å². The Labute approximate surface area is 114 Å². The molecule has 0 bridgehead atoms. The third-order valence-electron chi connectivity index (χ3n) is 2.76. The minimum Gasteiger partial charge on any atom is -0.321 e. The van der Waals surface area contributed by atoms with Gasteiger partial charge in [-0.3, -0.25) is 9.48 Å². The van der Waals surface area contributed by atoms with Crippen molar-refractivity contribution >= 4 is 21.7 Å². The fourth-order valence-corrected chi connectivity index (χ4v) is 2.37. The topological polar surface area (TPSA) is 60.9 Å². The lowest BCUT2D eigenvalue weighted by atomic mass is 10.0. The Morgan fingerprint density at radius 2 is 2.11 bits per heavy atom. The molecule has 0 aliphatic heterocycles. The number of carbonyl (C=O) groups excluding carboxylic acids is 1. The Bertz CT molecular complexity index is 531. The molecule has 0 spiro atoms. The molecule has 0 fully saturated rings. The molecule has 0 amide bonds. The van der Waals surface area contributed by atoms with Crippen molar-refractivity contribution in [3.05, 3.63) is 52.3 Å². The number of hydrogen-bond acceptors (Lipinski definition) is 3. The molecule has 0 saturated heterocycles. The van der Waals surface area contributed by atoms with Crippen LogP contribution in [0.1, 0.15) is 16.1 Å². The van der Waals surface area contributed by atoms with Crippen LogP contribution in [0, 0.1) is 0 Å². The summed E-state index contributed by atoms with van der Waals surface area (Å²) in [5, 5.41) is 4.02. The van der Waals surface area contributed by atoms with Gasteiger partial charge in [0.2, 0.25) is 0 Å². The first-order valence-electron chi connectivity index (χ1n) is 5.61. The van der Waals surface area contributed by atoms with Gasteiger partial charge in [0.1, 0.15) is 5.69 Å². The van der Waals surface area contributed by atoms with E-state index in [1.807, 2.05) is 30.3 Å². The summed E-state index contributed by atoms with van der Waals surface area (Å²) >= 11 is 3.31. The number of ketones is 1. The second kappa shape index (κ2) is 5.46. The zero-order chi connectivity index (χ0) is 13.1. The molecule has 1 aromatic carbocycles. The highest BCUT2D eigenvalue weighted by atomic mass is 79.9. The maximum Gasteiger partial charge on any atom is 0.198 e. The molecule has 0 radical (unpaired) electrons. The highest BCUT2D eigenvalue weighted by Crippen LogP contribution is 2.17. The molecule has 5 heteroatoms. The van der Waals surface area contributed by atoms with Crippen LogP contribution in [0.2, 0.25) is 0 Å². The fraction of sp³-hybridized carbons (Fsp3) is 0.231. The first-order chi connectivity index (χ1) is 8.59. The van der Waals surface area contributed by atoms with E-state index in [1.165, 1.54) is 4.68 Å². The quantitative estimate of drug-likeness (QED) is 0.878. The Kier molecular flexibility index (Phi) is 3.93. The van der Waals surface area contributed by atoms with Gasteiger partial charge in [-0.2, -0.15) is 5.10 Å². The lowest BCUT2D eigenvalue weighted by Crippen LogP contribution is -2.34. The maximum atomic E-state index is 12.2. The second-order valence-corrected chi connectivity index (χ2v) is 4.98. The van der Waals surface area contributed by atoms with E-state index in [9.17, 15) is 4.79 Å². The summed E-state index contributed by atoms with van der Waals surface area (Å²) in [6.45, 7) is 0. The van der Waals surface area contributed by atoms with Crippen molar-refractivity contribution in [2.75, 3.05) is 0 Å². The van der Waals surface area contributed by atoms with Crippen molar-refractivity contribution in [3.63, 3.8) is 0 Å². The van der Waals surface area contributed by atoms with Crippen molar-refractivity contribution in [2.24, 2.45) is 12.8 Å². The first-order valence-corrected chi connectivity index (χ1v) is 6.40. The number of aromatic nitrogens is 2. The van der Waals surface area contributed by atoms with Crippen LogP contribution in [0.5, 0.6) is 0 Å². The average Bonchev–Trinajstić information content (AvgIpc) is 2.69. The third kappa shape index (κ3) is 2.68. The Morgan fingerprint density at radius 3 is 2.67 bits per heavy atom. The third-order valence-corrected chi connectivity index (χ3v) is 3.34. The monoisotopic (exact) mass is 307 g/mol. The van der Waals surface area contributed by atoms with Crippen LogP contribution in [0.25, 0.3) is 0 Å². The van der Waals surface area contributed by atoms with Gasteiger partial charge < -0.3 is 5.73 Å². The fourth-order valence-electron chi connectivity index (χ4n) is 1.82. The number of nitrogens with two attached hydrogens (primary N) is 1. The minimum atomic E-state index is -0.556. The summed E-state index contributed by atoms with van der Waals surface area (Å²) in [6.07, 6.45) is 2.12. The largest absolute Gasteiger partial charge is 0.321 e. The van der Waals surface area contributed by atoms with Crippen molar-refractivity contribution in [2.45, 2.75) is 12.5 Å². The van der Waals surface area contributed by atoms with Gasteiger partial charge in [-0.15, -0.1) is 0 Å². The van der Waals surface area contributed by atoms with Crippen molar-refractivity contribution in [1.29, 1.82) is 0 Å². The van der Waals surface area contributed by atoms with Crippen LogP contribution < -0.4 is 5.73 Å². The van der Waals surface area contributed by atoms with E-state index < -0.39 is 6.04 Å². The number of rotatable bonds is 4. The molecule has 2 N–H and O–H groups in total. The lowest BCUT2D eigenvalue weighted by molar-refractivity contribution is 0.0951. The molecule has 1 atom stereocenters. The average molecular weight is 308 g/mol. The van der Waals surface area contributed by atoms with E-state index >= 15 is 0 Å². The van der Waals surface area contributed by atoms with Crippen molar-refractivity contribution in [1.82, 2.24) is 9.78 Å². The molecule has 1 unspecified atom stereocenters. The maximum absolute atomic E-state index is 12.2. The van der Waals surface area contributed by atoms with Gasteiger partial charge in [0, 0.05) is 7.05 Å². The molecule has 0 saturated carbocycles. The van der Waals surface area contributed by atoms with Crippen LogP contribution >= 0.6 is 15.9 Å². The van der Waals surface area contributed by atoms with Crippen LogP contribution in [-0.2, 0) is 13.5 Å². The summed E-state index contributed by atoms with van der Waals surface area (Å²) in [7, 11) is 1.73.